The van der Waals surface area contributed by atoms with Gasteiger partial charge >= 0.3 is 0 Å². The van der Waals surface area contributed by atoms with E-state index >= 15 is 0 Å². The number of benzene rings is 1. The molecule has 0 saturated carbocycles. The molecule has 0 spiro atoms. The largest absolute Gasteiger partial charge is 0.504 e. The van der Waals surface area contributed by atoms with Crippen molar-refractivity contribution in [3.05, 3.63) is 29.8 Å². The lowest BCUT2D eigenvalue weighted by Gasteiger charge is -1.97. The lowest BCUT2D eigenvalue weighted by molar-refractivity contribution is -0.106. The average Bonchev–Trinajstić information content (AvgIpc) is 2.19. The van der Waals surface area contributed by atoms with Crippen LogP contribution < -0.4 is 0 Å². The molecule has 0 radical (unpaired) electrons. The van der Waals surface area contributed by atoms with Crippen LogP contribution in [0.2, 0.25) is 0 Å². The lowest BCUT2D eigenvalue weighted by Crippen LogP contribution is -1.81. The van der Waals surface area contributed by atoms with Gasteiger partial charge < -0.3 is 10.2 Å². The van der Waals surface area contributed by atoms with Crippen LogP contribution in [0.4, 0.5) is 0 Å². The Bertz CT molecular complexity index is 372. The smallest absolute Gasteiger partial charge is 0.211 e. The van der Waals surface area contributed by atoms with Crippen LogP contribution in [0.5, 0.6) is 11.5 Å². The molecule has 0 bridgehead atoms. The van der Waals surface area contributed by atoms with E-state index in [1.54, 1.807) is 18.4 Å². The summed E-state index contributed by atoms with van der Waals surface area (Å²) in [7, 11) is 0. The van der Waals surface area contributed by atoms with Gasteiger partial charge in [0.25, 0.3) is 0 Å². The van der Waals surface area contributed by atoms with E-state index in [-0.39, 0.29) is 16.6 Å². The summed E-state index contributed by atoms with van der Waals surface area (Å²) in [5, 5.41) is 18.1. The lowest BCUT2D eigenvalue weighted by atomic mass is 10.2. The van der Waals surface area contributed by atoms with E-state index in [0.717, 1.165) is 11.8 Å². The van der Waals surface area contributed by atoms with Gasteiger partial charge in [0.05, 0.1) is 0 Å². The third-order valence-corrected chi connectivity index (χ3v) is 2.15. The first-order chi connectivity index (χ1) is 6.63. The van der Waals surface area contributed by atoms with Crippen molar-refractivity contribution in [2.45, 2.75) is 0 Å². The van der Waals surface area contributed by atoms with Gasteiger partial charge in [-0.1, -0.05) is 23.9 Å². The minimum Gasteiger partial charge on any atom is -0.504 e. The van der Waals surface area contributed by atoms with Crippen LogP contribution in [-0.2, 0) is 4.79 Å². The molecule has 0 aliphatic rings. The molecule has 1 aromatic rings. The van der Waals surface area contributed by atoms with Gasteiger partial charge in [-0.2, -0.15) is 0 Å². The molecule has 0 aromatic heterocycles. The van der Waals surface area contributed by atoms with Crippen molar-refractivity contribution in [1.82, 2.24) is 0 Å². The molecular weight excluding hydrogens is 200 g/mol. The summed E-state index contributed by atoms with van der Waals surface area (Å²) in [6.45, 7) is 0. The van der Waals surface area contributed by atoms with E-state index in [1.165, 1.54) is 18.2 Å². The van der Waals surface area contributed by atoms with Crippen molar-refractivity contribution in [3.8, 4) is 11.5 Å². The Labute approximate surface area is 86.1 Å². The van der Waals surface area contributed by atoms with Crippen LogP contribution in [-0.4, -0.2) is 21.6 Å². The van der Waals surface area contributed by atoms with Crippen molar-refractivity contribution in [3.63, 3.8) is 0 Å². The van der Waals surface area contributed by atoms with Gasteiger partial charge in [0.15, 0.2) is 11.5 Å². The monoisotopic (exact) mass is 210 g/mol. The third-order valence-electron chi connectivity index (χ3n) is 1.61. The zero-order chi connectivity index (χ0) is 10.6. The van der Waals surface area contributed by atoms with Crippen molar-refractivity contribution < 1.29 is 15.0 Å². The number of phenols is 2. The normalized spacial score (nSPS) is 10.6. The zero-order valence-corrected chi connectivity index (χ0v) is 8.41. The quantitative estimate of drug-likeness (QED) is 0.579. The predicted octanol–water partition coefficient (Wildman–Crippen LogP) is 2.00. The highest BCUT2D eigenvalue weighted by Crippen LogP contribution is 2.25. The minimum absolute atomic E-state index is 0.0578. The summed E-state index contributed by atoms with van der Waals surface area (Å²) < 4.78 is 0. The standard InChI is InChI=1S/C10H10O3S/c1-14-10(13)5-3-7-2-4-8(11)9(12)6-7/h2-6,11-12H,1H3/b5-3+. The van der Waals surface area contributed by atoms with Crippen molar-refractivity contribution in [1.29, 1.82) is 0 Å². The third kappa shape index (κ3) is 2.81. The van der Waals surface area contributed by atoms with E-state index < -0.39 is 0 Å². The van der Waals surface area contributed by atoms with Gasteiger partial charge in [-0.3, -0.25) is 4.79 Å². The second-order valence-corrected chi connectivity index (χ2v) is 3.42. The number of hydrogen-bond donors (Lipinski definition) is 2. The van der Waals surface area contributed by atoms with Gasteiger partial charge in [-0.25, -0.2) is 0 Å². The van der Waals surface area contributed by atoms with Crippen LogP contribution in [0.3, 0.4) is 0 Å². The molecular formula is C10H10O3S. The fourth-order valence-corrected chi connectivity index (χ4v) is 1.08. The molecule has 2 N–H and O–H groups in total. The first-order valence-electron chi connectivity index (χ1n) is 3.91. The molecule has 0 aliphatic heterocycles. The summed E-state index contributed by atoms with van der Waals surface area (Å²) in [4.78, 5) is 10.9. The summed E-state index contributed by atoms with van der Waals surface area (Å²) in [5.74, 6) is -0.359. The van der Waals surface area contributed by atoms with Gasteiger partial charge in [0.1, 0.15) is 0 Å². The van der Waals surface area contributed by atoms with Gasteiger partial charge in [-0.05, 0) is 30.0 Å². The summed E-state index contributed by atoms with van der Waals surface area (Å²) in [5.41, 5.74) is 0.669. The summed E-state index contributed by atoms with van der Waals surface area (Å²) >= 11 is 1.11. The summed E-state index contributed by atoms with van der Waals surface area (Å²) in [6.07, 6.45) is 4.69. The van der Waals surface area contributed by atoms with Crippen molar-refractivity contribution >= 4 is 23.0 Å². The van der Waals surface area contributed by atoms with Crippen LogP contribution in [0.25, 0.3) is 6.08 Å². The second-order valence-electron chi connectivity index (χ2n) is 2.60. The molecule has 0 atom stereocenters. The Hall–Kier alpha value is -1.42. The number of hydrogen-bond acceptors (Lipinski definition) is 4. The summed E-state index contributed by atoms with van der Waals surface area (Å²) in [6, 6.07) is 4.37. The van der Waals surface area contributed by atoms with Crippen LogP contribution in [0, 0.1) is 0 Å². The van der Waals surface area contributed by atoms with E-state index in [2.05, 4.69) is 0 Å². The number of rotatable bonds is 2. The Morgan fingerprint density at radius 1 is 1.36 bits per heavy atom. The maximum absolute atomic E-state index is 10.9. The molecule has 1 rings (SSSR count). The van der Waals surface area contributed by atoms with E-state index in [9.17, 15) is 4.79 Å². The predicted molar refractivity (Wildman–Crippen MR) is 57.3 cm³/mol. The van der Waals surface area contributed by atoms with Gasteiger partial charge in [-0.15, -0.1) is 0 Å². The number of aromatic hydroxyl groups is 2. The highest BCUT2D eigenvalue weighted by atomic mass is 32.2. The van der Waals surface area contributed by atoms with Crippen molar-refractivity contribution in [2.75, 3.05) is 6.26 Å². The van der Waals surface area contributed by atoms with E-state index in [4.69, 9.17) is 10.2 Å². The SMILES string of the molecule is CSC(=O)/C=C/c1ccc(O)c(O)c1. The molecule has 14 heavy (non-hydrogen) atoms. The molecule has 74 valence electrons. The van der Waals surface area contributed by atoms with Crippen LogP contribution >= 0.6 is 11.8 Å². The Morgan fingerprint density at radius 2 is 2.07 bits per heavy atom. The van der Waals surface area contributed by atoms with Crippen LogP contribution in [0.15, 0.2) is 24.3 Å². The maximum Gasteiger partial charge on any atom is 0.211 e. The number of carbonyl (C=O) groups is 1. The first-order valence-corrected chi connectivity index (χ1v) is 5.14. The maximum atomic E-state index is 10.9. The molecule has 0 fully saturated rings. The van der Waals surface area contributed by atoms with Gasteiger partial charge in [0, 0.05) is 0 Å². The first kappa shape index (κ1) is 10.7. The Kier molecular flexibility index (Phi) is 3.59. The number of phenolic OH excluding ortho intramolecular Hbond substituents is 2. The second kappa shape index (κ2) is 4.72. The number of thioether (sulfide) groups is 1. The fraction of sp³-hybridized carbons (Fsp3) is 0.100. The van der Waals surface area contributed by atoms with E-state index in [0.29, 0.717) is 5.56 Å². The molecule has 0 heterocycles. The van der Waals surface area contributed by atoms with E-state index in [1.807, 2.05) is 0 Å². The van der Waals surface area contributed by atoms with Crippen LogP contribution in [0.1, 0.15) is 5.56 Å². The minimum atomic E-state index is -0.191. The fourth-order valence-electron chi connectivity index (χ4n) is 0.876. The Balaban J connectivity index is 2.83. The molecule has 0 aliphatic carbocycles. The number of carbonyl (C=O) groups excluding carboxylic acids is 1. The Morgan fingerprint density at radius 3 is 2.64 bits per heavy atom. The molecule has 3 nitrogen and oxygen atoms in total. The topological polar surface area (TPSA) is 57.5 Å². The highest BCUT2D eigenvalue weighted by molar-refractivity contribution is 8.13. The van der Waals surface area contributed by atoms with Gasteiger partial charge in [0.2, 0.25) is 5.12 Å². The molecule has 0 unspecified atom stereocenters. The molecule has 0 saturated heterocycles. The molecule has 1 aromatic carbocycles. The average molecular weight is 210 g/mol. The molecule has 4 heteroatoms. The van der Waals surface area contributed by atoms with Crippen molar-refractivity contribution in [2.24, 2.45) is 0 Å². The zero-order valence-electron chi connectivity index (χ0n) is 7.60. The highest BCUT2D eigenvalue weighted by Gasteiger charge is 1.98. The molecule has 0 amide bonds.